The normalized spacial score (nSPS) is 12.5. The molecule has 0 aromatic carbocycles. The van der Waals surface area contributed by atoms with E-state index in [1.807, 2.05) is 22.8 Å². The minimum atomic E-state index is -0.355. The molecule has 4 aromatic heterocycles. The van der Waals surface area contributed by atoms with Gasteiger partial charge in [-0.25, -0.2) is 23.9 Å². The maximum atomic E-state index is 13.3. The molecular formula is C24H24FN5. The summed E-state index contributed by atoms with van der Waals surface area (Å²) in [5.41, 5.74) is 5.86. The first-order valence-electron chi connectivity index (χ1n) is 10.1. The van der Waals surface area contributed by atoms with Gasteiger partial charge in [-0.3, -0.25) is 0 Å². The van der Waals surface area contributed by atoms with E-state index in [0.717, 1.165) is 34.7 Å². The van der Waals surface area contributed by atoms with Crippen LogP contribution in [0.5, 0.6) is 0 Å². The highest BCUT2D eigenvalue weighted by molar-refractivity contribution is 5.74. The van der Waals surface area contributed by atoms with Crippen LogP contribution in [0.15, 0.2) is 54.4 Å². The van der Waals surface area contributed by atoms with Crippen LogP contribution in [0.25, 0.3) is 22.8 Å². The van der Waals surface area contributed by atoms with E-state index in [-0.39, 0.29) is 5.82 Å². The van der Waals surface area contributed by atoms with Crippen LogP contribution in [0, 0.1) is 12.7 Å². The Morgan fingerprint density at radius 1 is 1.17 bits per heavy atom. The molecule has 0 saturated carbocycles. The summed E-state index contributed by atoms with van der Waals surface area (Å²) >= 11 is 0. The number of aryl methyl sites for hydroxylation is 3. The van der Waals surface area contributed by atoms with E-state index < -0.39 is 0 Å². The number of hydrogen-bond acceptors (Lipinski definition) is 4. The molecule has 6 heteroatoms. The van der Waals surface area contributed by atoms with E-state index in [1.54, 1.807) is 0 Å². The molecule has 4 heterocycles. The van der Waals surface area contributed by atoms with Gasteiger partial charge in [0.15, 0.2) is 17.1 Å². The van der Waals surface area contributed by atoms with Gasteiger partial charge in [0.2, 0.25) is 0 Å². The lowest BCUT2D eigenvalue weighted by Gasteiger charge is -2.01. The van der Waals surface area contributed by atoms with E-state index in [9.17, 15) is 4.39 Å². The maximum Gasteiger partial charge on any atom is 0.163 e. The highest BCUT2D eigenvalue weighted by Crippen LogP contribution is 2.18. The van der Waals surface area contributed by atoms with Crippen LogP contribution < -0.4 is 0 Å². The predicted molar refractivity (Wildman–Crippen MR) is 118 cm³/mol. The molecule has 0 aliphatic rings. The Balaban J connectivity index is 1.56. The third-order valence-corrected chi connectivity index (χ3v) is 5.18. The summed E-state index contributed by atoms with van der Waals surface area (Å²) in [6, 6.07) is 7.25. The lowest BCUT2D eigenvalue weighted by atomic mass is 10.1. The molecule has 0 N–H and O–H groups in total. The van der Waals surface area contributed by atoms with Gasteiger partial charge < -0.3 is 0 Å². The van der Waals surface area contributed by atoms with Crippen LogP contribution in [0.4, 0.5) is 4.39 Å². The van der Waals surface area contributed by atoms with Crippen molar-refractivity contribution in [1.29, 1.82) is 0 Å². The molecule has 0 unspecified atom stereocenters. The molecule has 4 rings (SSSR count). The minimum absolute atomic E-state index is 0.355. The fraction of sp³-hybridized carbons (Fsp3) is 0.250. The van der Waals surface area contributed by atoms with Crippen molar-refractivity contribution in [2.75, 3.05) is 0 Å². The molecule has 0 saturated heterocycles. The lowest BCUT2D eigenvalue weighted by Crippen LogP contribution is -1.98. The Bertz CT molecular complexity index is 1270. The fourth-order valence-corrected chi connectivity index (χ4v) is 3.24. The van der Waals surface area contributed by atoms with Gasteiger partial charge in [-0.1, -0.05) is 30.7 Å². The van der Waals surface area contributed by atoms with E-state index in [2.05, 4.69) is 60.1 Å². The van der Waals surface area contributed by atoms with Crippen LogP contribution in [0.2, 0.25) is 0 Å². The molecule has 152 valence electrons. The lowest BCUT2D eigenvalue weighted by molar-refractivity contribution is 0.624. The van der Waals surface area contributed by atoms with Crippen LogP contribution in [-0.4, -0.2) is 24.6 Å². The van der Waals surface area contributed by atoms with Gasteiger partial charge in [-0.05, 0) is 56.5 Å². The fourth-order valence-electron chi connectivity index (χ4n) is 3.24. The number of aromatic nitrogens is 5. The molecule has 0 fully saturated rings. The standard InChI is InChI=1S/C24H24FN5/c1-4-16(2)6-5-7-21-17(3)12-13-30-24(21)28-22(29-30)11-10-20-9-8-18-14-19(25)15-26-23(18)27-20/h5-9,12-15H,4,10-11H2,1-3H3. The second kappa shape index (κ2) is 8.53. The van der Waals surface area contributed by atoms with E-state index >= 15 is 0 Å². The number of halogens is 1. The van der Waals surface area contributed by atoms with Crippen molar-refractivity contribution in [2.45, 2.75) is 40.0 Å². The highest BCUT2D eigenvalue weighted by atomic mass is 19.1. The second-order valence-electron chi connectivity index (χ2n) is 7.44. The smallest absolute Gasteiger partial charge is 0.163 e. The quantitative estimate of drug-likeness (QED) is 0.413. The average Bonchev–Trinajstić information content (AvgIpc) is 3.17. The Kier molecular flexibility index (Phi) is 5.65. The van der Waals surface area contributed by atoms with Crippen LogP contribution >= 0.6 is 0 Å². The summed E-state index contributed by atoms with van der Waals surface area (Å²) in [7, 11) is 0. The molecule has 30 heavy (non-hydrogen) atoms. The van der Waals surface area contributed by atoms with E-state index in [1.165, 1.54) is 17.8 Å². The number of hydrogen-bond donors (Lipinski definition) is 0. The first-order valence-corrected chi connectivity index (χ1v) is 10.1. The van der Waals surface area contributed by atoms with Crippen molar-refractivity contribution in [3.63, 3.8) is 0 Å². The average molecular weight is 401 g/mol. The molecule has 0 atom stereocenters. The first kappa shape index (κ1) is 19.9. The second-order valence-corrected chi connectivity index (χ2v) is 7.44. The molecule has 4 aromatic rings. The molecule has 0 aliphatic heterocycles. The molecule has 0 radical (unpaired) electrons. The van der Waals surface area contributed by atoms with Gasteiger partial charge in [-0.15, -0.1) is 0 Å². The first-order chi connectivity index (χ1) is 14.5. The van der Waals surface area contributed by atoms with E-state index in [0.29, 0.717) is 23.9 Å². The maximum absolute atomic E-state index is 13.3. The van der Waals surface area contributed by atoms with Crippen molar-refractivity contribution in [3.8, 4) is 0 Å². The molecule has 5 nitrogen and oxygen atoms in total. The van der Waals surface area contributed by atoms with Gasteiger partial charge in [0.05, 0.1) is 6.20 Å². The predicted octanol–water partition coefficient (Wildman–Crippen LogP) is 5.27. The summed E-state index contributed by atoms with van der Waals surface area (Å²) in [6.07, 6.45) is 11.8. The molecule has 0 aliphatic carbocycles. The Labute approximate surface area is 175 Å². The minimum Gasteiger partial charge on any atom is -0.234 e. The van der Waals surface area contributed by atoms with Crippen molar-refractivity contribution in [3.05, 3.63) is 82.8 Å². The van der Waals surface area contributed by atoms with Crippen molar-refractivity contribution in [2.24, 2.45) is 0 Å². The highest BCUT2D eigenvalue weighted by Gasteiger charge is 2.10. The zero-order chi connectivity index (χ0) is 21.1. The summed E-state index contributed by atoms with van der Waals surface area (Å²) < 4.78 is 15.1. The van der Waals surface area contributed by atoms with Crippen LogP contribution in [-0.2, 0) is 12.8 Å². The summed E-state index contributed by atoms with van der Waals surface area (Å²) in [4.78, 5) is 13.4. The Hall–Kier alpha value is -3.41. The zero-order valence-corrected chi connectivity index (χ0v) is 17.4. The monoisotopic (exact) mass is 401 g/mol. The van der Waals surface area contributed by atoms with Gasteiger partial charge in [0.25, 0.3) is 0 Å². The van der Waals surface area contributed by atoms with Crippen molar-refractivity contribution < 1.29 is 4.39 Å². The number of nitrogens with zero attached hydrogens (tertiary/aromatic N) is 5. The number of fused-ring (bicyclic) bond motifs is 2. The van der Waals surface area contributed by atoms with Crippen LogP contribution in [0.1, 0.15) is 42.9 Å². The molecule has 0 spiro atoms. The zero-order valence-electron chi connectivity index (χ0n) is 17.4. The van der Waals surface area contributed by atoms with E-state index in [4.69, 9.17) is 4.98 Å². The summed E-state index contributed by atoms with van der Waals surface area (Å²) in [5.74, 6) is 0.413. The third-order valence-electron chi connectivity index (χ3n) is 5.18. The number of allylic oxidation sites excluding steroid dienone is 3. The Morgan fingerprint density at radius 2 is 2.03 bits per heavy atom. The SMILES string of the molecule is CCC(C)=CC=Cc1c(C)ccn2nc(CCc3ccc4cc(F)cnc4n3)nc12. The van der Waals surface area contributed by atoms with Crippen molar-refractivity contribution >= 4 is 22.8 Å². The molecule has 0 amide bonds. The molecule has 0 bridgehead atoms. The van der Waals surface area contributed by atoms with Crippen LogP contribution in [0.3, 0.4) is 0 Å². The van der Waals surface area contributed by atoms with Crippen molar-refractivity contribution in [1.82, 2.24) is 24.6 Å². The third kappa shape index (κ3) is 4.27. The number of rotatable bonds is 6. The largest absolute Gasteiger partial charge is 0.234 e. The van der Waals surface area contributed by atoms with Gasteiger partial charge in [-0.2, -0.15) is 5.10 Å². The summed E-state index contributed by atoms with van der Waals surface area (Å²) in [6.45, 7) is 6.36. The number of pyridine rings is 3. The molecular weight excluding hydrogens is 377 g/mol. The van der Waals surface area contributed by atoms with Gasteiger partial charge in [0.1, 0.15) is 5.82 Å². The Morgan fingerprint density at radius 3 is 2.87 bits per heavy atom. The van der Waals surface area contributed by atoms with Gasteiger partial charge >= 0.3 is 0 Å². The topological polar surface area (TPSA) is 56.0 Å². The summed E-state index contributed by atoms with van der Waals surface area (Å²) in [5, 5.41) is 5.32. The van der Waals surface area contributed by atoms with Gasteiger partial charge in [0, 0.05) is 29.3 Å².